The van der Waals surface area contributed by atoms with E-state index in [1.807, 2.05) is 43.4 Å². The van der Waals surface area contributed by atoms with E-state index in [9.17, 15) is 0 Å². The van der Waals surface area contributed by atoms with Gasteiger partial charge in [-0.05, 0) is 41.6 Å². The predicted molar refractivity (Wildman–Crippen MR) is 113 cm³/mol. The van der Waals surface area contributed by atoms with Crippen molar-refractivity contribution in [3.05, 3.63) is 63.6 Å². The lowest BCUT2D eigenvalue weighted by Crippen LogP contribution is -2.16. The second-order valence-corrected chi connectivity index (χ2v) is 7.94. The predicted octanol–water partition coefficient (Wildman–Crippen LogP) is 4.37. The zero-order chi connectivity index (χ0) is 19.8. The molecule has 1 heterocycles. The number of rotatable bonds is 10. The van der Waals surface area contributed by atoms with Gasteiger partial charge < -0.3 is 10.1 Å². The number of halogens is 2. The highest BCUT2D eigenvalue weighted by atomic mass is 35.5. The average molecular weight is 438 g/mol. The van der Waals surface area contributed by atoms with Gasteiger partial charge in [0.1, 0.15) is 12.4 Å². The van der Waals surface area contributed by atoms with E-state index in [0.29, 0.717) is 16.7 Å². The highest BCUT2D eigenvalue weighted by Gasteiger charge is 2.08. The fourth-order valence-corrected chi connectivity index (χ4v) is 3.83. The summed E-state index contributed by atoms with van der Waals surface area (Å²) in [7, 11) is 1.84. The Bertz CT molecular complexity index is 885. The van der Waals surface area contributed by atoms with Crippen LogP contribution in [-0.4, -0.2) is 32.5 Å². The summed E-state index contributed by atoms with van der Waals surface area (Å²) in [4.78, 5) is 0. The van der Waals surface area contributed by atoms with Crippen molar-refractivity contribution in [1.82, 2.24) is 25.5 Å². The summed E-state index contributed by atoms with van der Waals surface area (Å²) in [5.41, 5.74) is 1.89. The van der Waals surface area contributed by atoms with Gasteiger partial charge in [0.05, 0.1) is 0 Å². The smallest absolute Gasteiger partial charge is 0.209 e. The summed E-state index contributed by atoms with van der Waals surface area (Å²) >= 11 is 14.1. The van der Waals surface area contributed by atoms with Crippen LogP contribution < -0.4 is 10.1 Å². The Morgan fingerprint density at radius 2 is 1.89 bits per heavy atom. The lowest BCUT2D eigenvalue weighted by atomic mass is 10.2. The van der Waals surface area contributed by atoms with E-state index in [1.165, 1.54) is 0 Å². The van der Waals surface area contributed by atoms with E-state index in [-0.39, 0.29) is 0 Å². The van der Waals surface area contributed by atoms with E-state index in [2.05, 4.69) is 26.9 Å². The van der Waals surface area contributed by atoms with Crippen molar-refractivity contribution >= 4 is 35.0 Å². The number of hydrogen-bond acceptors (Lipinski definition) is 6. The molecule has 0 aliphatic heterocycles. The molecule has 0 radical (unpaired) electrons. The first-order chi connectivity index (χ1) is 13.6. The second kappa shape index (κ2) is 10.7. The molecule has 0 saturated carbocycles. The normalized spacial score (nSPS) is 11.0. The molecule has 3 aromatic rings. The second-order valence-electron chi connectivity index (χ2n) is 6.06. The average Bonchev–Trinajstić information content (AvgIpc) is 3.10. The van der Waals surface area contributed by atoms with Crippen LogP contribution in [0.5, 0.6) is 5.75 Å². The number of aryl methyl sites for hydroxylation is 1. The van der Waals surface area contributed by atoms with Crippen molar-refractivity contribution in [2.24, 2.45) is 7.05 Å². The number of thioether (sulfide) groups is 1. The minimum Gasteiger partial charge on any atom is -0.488 e. The van der Waals surface area contributed by atoms with E-state index >= 15 is 0 Å². The van der Waals surface area contributed by atoms with Crippen molar-refractivity contribution in [3.8, 4) is 5.75 Å². The Morgan fingerprint density at radius 1 is 1.11 bits per heavy atom. The highest BCUT2D eigenvalue weighted by molar-refractivity contribution is 7.99. The highest BCUT2D eigenvalue weighted by Crippen LogP contribution is 2.27. The fourth-order valence-electron chi connectivity index (χ4n) is 2.54. The maximum absolute atomic E-state index is 6.22. The molecule has 0 aliphatic rings. The van der Waals surface area contributed by atoms with Gasteiger partial charge in [-0.15, -0.1) is 5.10 Å². The van der Waals surface area contributed by atoms with Gasteiger partial charge >= 0.3 is 0 Å². The largest absolute Gasteiger partial charge is 0.488 e. The van der Waals surface area contributed by atoms with E-state index < -0.39 is 0 Å². The summed E-state index contributed by atoms with van der Waals surface area (Å²) in [6, 6.07) is 13.4. The van der Waals surface area contributed by atoms with Crippen LogP contribution >= 0.6 is 35.0 Å². The molecular weight excluding hydrogens is 417 g/mol. The van der Waals surface area contributed by atoms with Crippen molar-refractivity contribution in [3.63, 3.8) is 0 Å². The zero-order valence-corrected chi connectivity index (χ0v) is 17.8. The molecule has 3 rings (SSSR count). The molecule has 0 bridgehead atoms. The number of benzene rings is 2. The molecule has 0 spiro atoms. The number of para-hydroxylation sites is 1. The third kappa shape index (κ3) is 5.85. The molecule has 1 aromatic heterocycles. The maximum Gasteiger partial charge on any atom is 0.209 e. The van der Waals surface area contributed by atoms with Gasteiger partial charge in [0.2, 0.25) is 5.16 Å². The van der Waals surface area contributed by atoms with Gasteiger partial charge in [0.25, 0.3) is 0 Å². The molecule has 6 nitrogen and oxygen atoms in total. The molecule has 0 unspecified atom stereocenters. The lowest BCUT2D eigenvalue weighted by molar-refractivity contribution is 0.302. The van der Waals surface area contributed by atoms with Gasteiger partial charge in [0.15, 0.2) is 0 Å². The number of nitrogens with one attached hydrogen (secondary N) is 1. The molecular formula is C19H21Cl2N5OS. The van der Waals surface area contributed by atoms with Gasteiger partial charge in [-0.2, -0.15) is 0 Å². The summed E-state index contributed by atoms with van der Waals surface area (Å²) in [6.45, 7) is 1.95. The Balaban J connectivity index is 1.45. The van der Waals surface area contributed by atoms with Crippen molar-refractivity contribution in [2.45, 2.75) is 24.7 Å². The Kier molecular flexibility index (Phi) is 7.97. The van der Waals surface area contributed by atoms with Crippen LogP contribution in [-0.2, 0) is 20.2 Å². The van der Waals surface area contributed by atoms with Crippen LogP contribution in [0.15, 0.2) is 47.6 Å². The molecule has 148 valence electrons. The molecule has 0 fully saturated rings. The molecule has 0 aliphatic carbocycles. The first-order valence-corrected chi connectivity index (χ1v) is 10.6. The quantitative estimate of drug-likeness (QED) is 0.375. The van der Waals surface area contributed by atoms with Gasteiger partial charge in [-0.25, -0.2) is 4.68 Å². The van der Waals surface area contributed by atoms with Crippen LogP contribution in [0.3, 0.4) is 0 Å². The number of tetrazole rings is 1. The lowest BCUT2D eigenvalue weighted by Gasteiger charge is -2.13. The summed E-state index contributed by atoms with van der Waals surface area (Å²) < 4.78 is 7.66. The molecule has 9 heteroatoms. The third-order valence-electron chi connectivity index (χ3n) is 4.03. The Labute approximate surface area is 178 Å². The topological polar surface area (TPSA) is 64.9 Å². The van der Waals surface area contributed by atoms with Gasteiger partial charge in [0, 0.05) is 40.5 Å². The van der Waals surface area contributed by atoms with Crippen molar-refractivity contribution in [1.29, 1.82) is 0 Å². The van der Waals surface area contributed by atoms with Crippen LogP contribution in [0.2, 0.25) is 10.0 Å². The van der Waals surface area contributed by atoms with Crippen LogP contribution in [0.4, 0.5) is 0 Å². The molecule has 2 aromatic carbocycles. The monoisotopic (exact) mass is 437 g/mol. The standard InChI is InChI=1S/C19H21Cl2N5OS/c1-26-19(23-24-25-26)28-11-5-10-22-12-14-6-2-3-9-18(14)27-13-15-16(20)7-4-8-17(15)21/h2-4,6-9,22H,5,10-13H2,1H3. The molecule has 1 N–H and O–H groups in total. The van der Waals surface area contributed by atoms with Crippen molar-refractivity contribution < 1.29 is 4.74 Å². The minimum atomic E-state index is 0.331. The number of nitrogens with zero attached hydrogens (tertiary/aromatic N) is 4. The maximum atomic E-state index is 6.22. The van der Waals surface area contributed by atoms with Crippen LogP contribution in [0, 0.1) is 0 Å². The molecule has 28 heavy (non-hydrogen) atoms. The first kappa shape index (κ1) is 20.9. The Morgan fingerprint density at radius 3 is 2.64 bits per heavy atom. The van der Waals surface area contributed by atoms with E-state index in [1.54, 1.807) is 16.4 Å². The summed E-state index contributed by atoms with van der Waals surface area (Å²) in [5, 5.41) is 16.9. The summed E-state index contributed by atoms with van der Waals surface area (Å²) in [6.07, 6.45) is 1.01. The molecule has 0 atom stereocenters. The van der Waals surface area contributed by atoms with Crippen LogP contribution in [0.25, 0.3) is 0 Å². The first-order valence-electron chi connectivity index (χ1n) is 8.84. The number of hydrogen-bond donors (Lipinski definition) is 1. The Hall–Kier alpha value is -1.80. The summed E-state index contributed by atoms with van der Waals surface area (Å²) in [5.74, 6) is 1.77. The van der Waals surface area contributed by atoms with E-state index in [0.717, 1.165) is 47.3 Å². The fraction of sp³-hybridized carbons (Fsp3) is 0.316. The SMILES string of the molecule is Cn1nnnc1SCCCNCc1ccccc1OCc1c(Cl)cccc1Cl. The number of ether oxygens (including phenoxy) is 1. The zero-order valence-electron chi connectivity index (χ0n) is 15.4. The third-order valence-corrected chi connectivity index (χ3v) is 5.84. The minimum absolute atomic E-state index is 0.331. The van der Waals surface area contributed by atoms with E-state index in [4.69, 9.17) is 27.9 Å². The van der Waals surface area contributed by atoms with Crippen molar-refractivity contribution in [2.75, 3.05) is 12.3 Å². The van der Waals surface area contributed by atoms with Crippen LogP contribution in [0.1, 0.15) is 17.5 Å². The molecule has 0 saturated heterocycles. The van der Waals surface area contributed by atoms with Gasteiger partial charge in [-0.1, -0.05) is 59.2 Å². The number of aromatic nitrogens is 4. The van der Waals surface area contributed by atoms with Gasteiger partial charge in [-0.3, -0.25) is 0 Å². The molecule has 0 amide bonds.